The van der Waals surface area contributed by atoms with E-state index in [4.69, 9.17) is 0 Å². The number of nitrogens with zero attached hydrogens (tertiary/aromatic N) is 1. The lowest BCUT2D eigenvalue weighted by Crippen LogP contribution is -2.43. The van der Waals surface area contributed by atoms with Crippen LogP contribution in [0.1, 0.15) is 19.3 Å². The molecule has 0 saturated heterocycles. The predicted molar refractivity (Wildman–Crippen MR) is 97.6 cm³/mol. The highest BCUT2D eigenvalue weighted by molar-refractivity contribution is 7.99. The summed E-state index contributed by atoms with van der Waals surface area (Å²) in [5.74, 6) is -0.182. The molecule has 1 aliphatic heterocycles. The summed E-state index contributed by atoms with van der Waals surface area (Å²) in [6.07, 6.45) is 2.14. The number of rotatable bonds is 4. The molecule has 0 bridgehead atoms. The minimum atomic E-state index is -0.179. The van der Waals surface area contributed by atoms with Crippen LogP contribution in [0.4, 0.5) is 11.4 Å². The van der Waals surface area contributed by atoms with Gasteiger partial charge in [0, 0.05) is 28.7 Å². The molecule has 128 valence electrons. The fraction of sp³-hybridized carbons (Fsp3) is 0.263. The standard InChI is InChI=1S/C19H19N3O2S/c23-18(20-21-19(24)13-9-10-13)11-12-22-14-5-1-3-7-16(14)25-17-8-4-2-6-15(17)22/h1-8,13H,9-12H2,(H,20,23)(H,21,24). The highest BCUT2D eigenvalue weighted by Gasteiger charge is 2.30. The quantitative estimate of drug-likeness (QED) is 0.829. The molecule has 2 aliphatic rings. The van der Waals surface area contributed by atoms with Gasteiger partial charge in [0.15, 0.2) is 0 Å². The number of carbonyl (C=O) groups is 2. The molecule has 2 aromatic rings. The number of benzene rings is 2. The van der Waals surface area contributed by atoms with Crippen LogP contribution in [0.3, 0.4) is 0 Å². The Morgan fingerprint density at radius 1 is 0.960 bits per heavy atom. The van der Waals surface area contributed by atoms with Gasteiger partial charge in [-0.1, -0.05) is 36.0 Å². The van der Waals surface area contributed by atoms with Crippen LogP contribution >= 0.6 is 11.8 Å². The SMILES string of the molecule is O=C(CCN1c2ccccc2Sc2ccccc21)NNC(=O)C1CC1. The summed E-state index contributed by atoms with van der Waals surface area (Å²) in [5.41, 5.74) is 7.25. The van der Waals surface area contributed by atoms with E-state index in [9.17, 15) is 9.59 Å². The van der Waals surface area contributed by atoms with E-state index < -0.39 is 0 Å². The van der Waals surface area contributed by atoms with Gasteiger partial charge in [0.1, 0.15) is 0 Å². The molecule has 1 saturated carbocycles. The van der Waals surface area contributed by atoms with Gasteiger partial charge in [-0.3, -0.25) is 20.4 Å². The van der Waals surface area contributed by atoms with Gasteiger partial charge in [-0.25, -0.2) is 0 Å². The van der Waals surface area contributed by atoms with Gasteiger partial charge in [-0.15, -0.1) is 0 Å². The molecule has 6 heteroatoms. The van der Waals surface area contributed by atoms with E-state index >= 15 is 0 Å². The number of carbonyl (C=O) groups excluding carboxylic acids is 2. The first kappa shape index (κ1) is 16.0. The molecule has 2 aromatic carbocycles. The number of fused-ring (bicyclic) bond motifs is 2. The van der Waals surface area contributed by atoms with Crippen molar-refractivity contribution in [3.63, 3.8) is 0 Å². The van der Waals surface area contributed by atoms with E-state index in [1.54, 1.807) is 11.8 Å². The summed E-state index contributed by atoms with van der Waals surface area (Å²) in [6, 6.07) is 16.4. The molecule has 4 rings (SSSR count). The van der Waals surface area contributed by atoms with E-state index in [1.807, 2.05) is 24.3 Å². The zero-order valence-corrected chi connectivity index (χ0v) is 14.5. The topological polar surface area (TPSA) is 61.4 Å². The molecule has 0 spiro atoms. The maximum Gasteiger partial charge on any atom is 0.241 e. The molecule has 0 unspecified atom stereocenters. The van der Waals surface area contributed by atoms with E-state index in [-0.39, 0.29) is 17.7 Å². The third kappa shape index (κ3) is 3.49. The zero-order valence-electron chi connectivity index (χ0n) is 13.7. The third-order valence-electron chi connectivity index (χ3n) is 4.37. The minimum absolute atomic E-state index is 0.0816. The number of anilines is 2. The largest absolute Gasteiger partial charge is 0.339 e. The molecular weight excluding hydrogens is 334 g/mol. The highest BCUT2D eigenvalue weighted by Crippen LogP contribution is 2.47. The second kappa shape index (κ2) is 6.80. The average molecular weight is 353 g/mol. The molecule has 1 heterocycles. The molecule has 1 fully saturated rings. The summed E-state index contributed by atoms with van der Waals surface area (Å²) in [6.45, 7) is 0.555. The Bertz CT molecular complexity index is 774. The van der Waals surface area contributed by atoms with Crippen molar-refractivity contribution in [2.24, 2.45) is 5.92 Å². The van der Waals surface area contributed by atoms with Gasteiger partial charge in [0.25, 0.3) is 0 Å². The Labute approximate surface area is 150 Å². The molecule has 2 amide bonds. The van der Waals surface area contributed by atoms with Crippen molar-refractivity contribution in [2.45, 2.75) is 29.1 Å². The van der Waals surface area contributed by atoms with Crippen LogP contribution < -0.4 is 15.8 Å². The lowest BCUT2D eigenvalue weighted by Gasteiger charge is -2.32. The monoisotopic (exact) mass is 353 g/mol. The smallest absolute Gasteiger partial charge is 0.241 e. The van der Waals surface area contributed by atoms with Crippen molar-refractivity contribution in [1.29, 1.82) is 0 Å². The van der Waals surface area contributed by atoms with Gasteiger partial charge in [-0.05, 0) is 37.1 Å². The van der Waals surface area contributed by atoms with Crippen molar-refractivity contribution in [3.05, 3.63) is 48.5 Å². The van der Waals surface area contributed by atoms with E-state index in [1.165, 1.54) is 9.79 Å². The van der Waals surface area contributed by atoms with Crippen LogP contribution in [0.5, 0.6) is 0 Å². The van der Waals surface area contributed by atoms with Crippen molar-refractivity contribution >= 4 is 35.0 Å². The maximum atomic E-state index is 12.1. The molecule has 0 radical (unpaired) electrons. The summed E-state index contributed by atoms with van der Waals surface area (Å²) >= 11 is 1.75. The lowest BCUT2D eigenvalue weighted by atomic mass is 10.2. The van der Waals surface area contributed by atoms with Crippen LogP contribution in [0.25, 0.3) is 0 Å². The number of amides is 2. The van der Waals surface area contributed by atoms with Crippen molar-refractivity contribution in [3.8, 4) is 0 Å². The molecule has 5 nitrogen and oxygen atoms in total. The van der Waals surface area contributed by atoms with E-state index in [2.05, 4.69) is 40.0 Å². The van der Waals surface area contributed by atoms with Crippen molar-refractivity contribution in [1.82, 2.24) is 10.9 Å². The van der Waals surface area contributed by atoms with Gasteiger partial charge >= 0.3 is 0 Å². The van der Waals surface area contributed by atoms with Crippen LogP contribution in [-0.2, 0) is 9.59 Å². The third-order valence-corrected chi connectivity index (χ3v) is 5.50. The highest BCUT2D eigenvalue weighted by atomic mass is 32.2. The fourth-order valence-electron chi connectivity index (χ4n) is 2.88. The summed E-state index contributed by atoms with van der Waals surface area (Å²) in [7, 11) is 0. The fourth-order valence-corrected chi connectivity index (χ4v) is 3.97. The molecule has 0 aromatic heterocycles. The first-order valence-corrected chi connectivity index (χ1v) is 9.26. The predicted octanol–water partition coefficient (Wildman–Crippen LogP) is 3.24. The van der Waals surface area contributed by atoms with Gasteiger partial charge in [0.2, 0.25) is 11.8 Å². The first-order valence-electron chi connectivity index (χ1n) is 8.44. The maximum absolute atomic E-state index is 12.1. The Kier molecular flexibility index (Phi) is 4.36. The normalized spacial score (nSPS) is 15.1. The molecule has 0 atom stereocenters. The average Bonchev–Trinajstić information content (AvgIpc) is 3.48. The number of hydrogen-bond acceptors (Lipinski definition) is 4. The van der Waals surface area contributed by atoms with E-state index in [0.717, 1.165) is 24.2 Å². The lowest BCUT2D eigenvalue weighted by molar-refractivity contribution is -0.129. The number of para-hydroxylation sites is 2. The number of nitrogens with one attached hydrogen (secondary N) is 2. The molecule has 2 N–H and O–H groups in total. The van der Waals surface area contributed by atoms with Gasteiger partial charge < -0.3 is 4.90 Å². The van der Waals surface area contributed by atoms with Crippen LogP contribution in [0.15, 0.2) is 58.3 Å². The summed E-state index contributed by atoms with van der Waals surface area (Å²) in [5, 5.41) is 0. The Morgan fingerprint density at radius 3 is 2.16 bits per heavy atom. The van der Waals surface area contributed by atoms with Crippen molar-refractivity contribution in [2.75, 3.05) is 11.4 Å². The number of hydrogen-bond donors (Lipinski definition) is 2. The van der Waals surface area contributed by atoms with Gasteiger partial charge in [-0.2, -0.15) is 0 Å². The molecular formula is C19H19N3O2S. The zero-order chi connectivity index (χ0) is 17.2. The summed E-state index contributed by atoms with van der Waals surface area (Å²) in [4.78, 5) is 28.2. The van der Waals surface area contributed by atoms with Gasteiger partial charge in [0.05, 0.1) is 11.4 Å². The van der Waals surface area contributed by atoms with E-state index in [0.29, 0.717) is 13.0 Å². The summed E-state index contributed by atoms with van der Waals surface area (Å²) < 4.78 is 0. The Hall–Kier alpha value is -2.47. The number of hydrazine groups is 1. The minimum Gasteiger partial charge on any atom is -0.339 e. The van der Waals surface area contributed by atoms with Crippen LogP contribution in [-0.4, -0.2) is 18.4 Å². The van der Waals surface area contributed by atoms with Crippen molar-refractivity contribution < 1.29 is 9.59 Å². The second-order valence-electron chi connectivity index (χ2n) is 6.25. The first-order chi connectivity index (χ1) is 12.2. The van der Waals surface area contributed by atoms with Crippen LogP contribution in [0.2, 0.25) is 0 Å². The van der Waals surface area contributed by atoms with Crippen LogP contribution in [0, 0.1) is 5.92 Å². The Balaban J connectivity index is 1.44. The molecule has 1 aliphatic carbocycles. The molecule has 25 heavy (non-hydrogen) atoms. The second-order valence-corrected chi connectivity index (χ2v) is 7.33. The Morgan fingerprint density at radius 2 is 1.56 bits per heavy atom.